The van der Waals surface area contributed by atoms with Gasteiger partial charge in [0.05, 0.1) is 0 Å². The summed E-state index contributed by atoms with van der Waals surface area (Å²) in [6.45, 7) is 0. The van der Waals surface area contributed by atoms with Crippen molar-refractivity contribution in [2.75, 3.05) is 0 Å². The zero-order valence-corrected chi connectivity index (χ0v) is 12.8. The fraction of sp³-hybridized carbons (Fsp3) is 0. The molecule has 0 aliphatic carbocycles. The van der Waals surface area contributed by atoms with Gasteiger partial charge in [-0.1, -0.05) is 48.2 Å². The fourth-order valence-corrected chi connectivity index (χ4v) is 1.50. The number of hydrogen-bond acceptors (Lipinski definition) is 0. The minimum atomic E-state index is 0.923. The highest BCUT2D eigenvalue weighted by atomic mass is 13.8. The Morgan fingerprint density at radius 1 is 0.333 bits per heavy atom. The van der Waals surface area contributed by atoms with Crippen molar-refractivity contribution in [3.8, 4) is 71.0 Å². The maximum absolute atomic E-state index is 2.92. The molecule has 0 fully saturated rings. The molecule has 2 aromatic rings. The standard InChI is InChI=1S/C24H10/c1(3-5-7-11-17-23-19-13-9-14-20-23)2-4-6-8-12-18-24-21-15-10-16-22-24/h9-10,13-16,19-22H. The van der Waals surface area contributed by atoms with Gasteiger partial charge in [-0.3, -0.25) is 0 Å². The zero-order chi connectivity index (χ0) is 16.7. The van der Waals surface area contributed by atoms with Gasteiger partial charge in [0.25, 0.3) is 0 Å². The Balaban J connectivity index is 1.83. The molecule has 0 nitrogen and oxygen atoms in total. The van der Waals surface area contributed by atoms with E-state index in [1.165, 1.54) is 0 Å². The zero-order valence-electron chi connectivity index (χ0n) is 12.8. The summed E-state index contributed by atoms with van der Waals surface area (Å²) in [6.07, 6.45) is 0. The first kappa shape index (κ1) is 16.2. The van der Waals surface area contributed by atoms with Crippen molar-refractivity contribution in [1.82, 2.24) is 0 Å². The number of hydrogen-bond donors (Lipinski definition) is 0. The lowest BCUT2D eigenvalue weighted by molar-refractivity contribution is 1.65. The van der Waals surface area contributed by atoms with E-state index in [1.54, 1.807) is 0 Å². The molecule has 0 amide bonds. The summed E-state index contributed by atoms with van der Waals surface area (Å²) in [5.74, 6) is 32.2. The van der Waals surface area contributed by atoms with E-state index in [0.717, 1.165) is 11.1 Å². The first-order valence-corrected chi connectivity index (χ1v) is 7.07. The smallest absolute Gasteiger partial charge is 0.0255 e. The summed E-state index contributed by atoms with van der Waals surface area (Å²) in [7, 11) is 0. The van der Waals surface area contributed by atoms with E-state index in [-0.39, 0.29) is 0 Å². The minimum Gasteiger partial charge on any atom is -0.0622 e. The van der Waals surface area contributed by atoms with Crippen LogP contribution >= 0.6 is 0 Å². The van der Waals surface area contributed by atoms with E-state index < -0.39 is 0 Å². The Hall–Kier alpha value is -4.20. The summed E-state index contributed by atoms with van der Waals surface area (Å²) in [5.41, 5.74) is 1.85. The SMILES string of the molecule is C(C#CC#CC#Cc1ccccc1)#CC#CC#Cc1ccccc1. The molecule has 0 aliphatic rings. The molecule has 0 aromatic heterocycles. The van der Waals surface area contributed by atoms with Crippen LogP contribution in [0.4, 0.5) is 0 Å². The molecule has 0 atom stereocenters. The Morgan fingerprint density at radius 2 is 0.625 bits per heavy atom. The highest BCUT2D eigenvalue weighted by molar-refractivity contribution is 5.47. The van der Waals surface area contributed by atoms with Crippen LogP contribution in [0.25, 0.3) is 0 Å². The van der Waals surface area contributed by atoms with Gasteiger partial charge in [-0.15, -0.1) is 0 Å². The third-order valence-electron chi connectivity index (χ3n) is 2.52. The minimum absolute atomic E-state index is 0.923. The van der Waals surface area contributed by atoms with Gasteiger partial charge in [-0.25, -0.2) is 0 Å². The van der Waals surface area contributed by atoms with Crippen LogP contribution in [0.15, 0.2) is 60.7 Å². The lowest BCUT2D eigenvalue weighted by atomic mass is 10.2. The molecular formula is C24H10. The Morgan fingerprint density at radius 3 is 0.958 bits per heavy atom. The summed E-state index contributed by atoms with van der Waals surface area (Å²) >= 11 is 0. The normalized spacial score (nSPS) is 6.83. The summed E-state index contributed by atoms with van der Waals surface area (Å²) in [5, 5.41) is 0. The summed E-state index contributed by atoms with van der Waals surface area (Å²) in [6, 6.07) is 19.3. The van der Waals surface area contributed by atoms with Gasteiger partial charge in [-0.2, -0.15) is 0 Å². The Bertz CT molecular complexity index is 958. The van der Waals surface area contributed by atoms with E-state index in [4.69, 9.17) is 0 Å². The molecule has 0 heteroatoms. The van der Waals surface area contributed by atoms with Gasteiger partial charge in [0.15, 0.2) is 0 Å². The topological polar surface area (TPSA) is 0 Å². The van der Waals surface area contributed by atoms with Crippen LogP contribution in [-0.4, -0.2) is 0 Å². The average Bonchev–Trinajstić information content (AvgIpc) is 2.64. The molecule has 0 N–H and O–H groups in total. The molecule has 0 radical (unpaired) electrons. The molecule has 0 spiro atoms. The average molecular weight is 298 g/mol. The van der Waals surface area contributed by atoms with Crippen LogP contribution in [-0.2, 0) is 0 Å². The molecule has 0 saturated heterocycles. The molecule has 0 unspecified atom stereocenters. The second-order valence-corrected chi connectivity index (χ2v) is 4.23. The highest BCUT2D eigenvalue weighted by Gasteiger charge is 1.79. The second-order valence-electron chi connectivity index (χ2n) is 4.23. The van der Waals surface area contributed by atoms with E-state index in [9.17, 15) is 0 Å². The molecule has 0 saturated carbocycles. The first-order valence-electron chi connectivity index (χ1n) is 7.07. The molecule has 24 heavy (non-hydrogen) atoms. The molecule has 2 aromatic carbocycles. The lowest BCUT2D eigenvalue weighted by Gasteiger charge is -1.83. The lowest BCUT2D eigenvalue weighted by Crippen LogP contribution is -1.68. The number of benzene rings is 2. The van der Waals surface area contributed by atoms with Gasteiger partial charge in [0.1, 0.15) is 0 Å². The third-order valence-corrected chi connectivity index (χ3v) is 2.52. The Labute approximate surface area is 143 Å². The monoisotopic (exact) mass is 298 g/mol. The maximum atomic E-state index is 2.92. The fourth-order valence-electron chi connectivity index (χ4n) is 1.50. The molecule has 0 bridgehead atoms. The van der Waals surface area contributed by atoms with Crippen molar-refractivity contribution in [2.24, 2.45) is 0 Å². The van der Waals surface area contributed by atoms with Gasteiger partial charge in [0, 0.05) is 11.1 Å². The first-order chi connectivity index (χ1) is 11.9. The summed E-state index contributed by atoms with van der Waals surface area (Å²) < 4.78 is 0. The predicted molar refractivity (Wildman–Crippen MR) is 97.7 cm³/mol. The predicted octanol–water partition coefficient (Wildman–Crippen LogP) is 3.10. The van der Waals surface area contributed by atoms with E-state index in [2.05, 4.69) is 71.0 Å². The third kappa shape index (κ3) is 6.99. The second kappa shape index (κ2) is 10.5. The molecule has 106 valence electrons. The van der Waals surface area contributed by atoms with E-state index in [1.807, 2.05) is 60.7 Å². The molecule has 0 aliphatic heterocycles. The van der Waals surface area contributed by atoms with Crippen LogP contribution in [0.2, 0.25) is 0 Å². The van der Waals surface area contributed by atoms with Gasteiger partial charge >= 0.3 is 0 Å². The van der Waals surface area contributed by atoms with Gasteiger partial charge < -0.3 is 0 Å². The van der Waals surface area contributed by atoms with Gasteiger partial charge in [0.2, 0.25) is 0 Å². The van der Waals surface area contributed by atoms with Crippen LogP contribution < -0.4 is 0 Å². The van der Waals surface area contributed by atoms with Crippen molar-refractivity contribution in [2.45, 2.75) is 0 Å². The van der Waals surface area contributed by atoms with Crippen LogP contribution in [0.5, 0.6) is 0 Å². The quantitative estimate of drug-likeness (QED) is 0.656. The molecular weight excluding hydrogens is 288 g/mol. The van der Waals surface area contributed by atoms with Crippen molar-refractivity contribution in [3.63, 3.8) is 0 Å². The number of rotatable bonds is 0. The van der Waals surface area contributed by atoms with Crippen LogP contribution in [0.3, 0.4) is 0 Å². The van der Waals surface area contributed by atoms with Crippen molar-refractivity contribution in [3.05, 3.63) is 71.8 Å². The van der Waals surface area contributed by atoms with Crippen LogP contribution in [0.1, 0.15) is 11.1 Å². The summed E-state index contributed by atoms with van der Waals surface area (Å²) in [4.78, 5) is 0. The molecule has 2 rings (SSSR count). The van der Waals surface area contributed by atoms with E-state index >= 15 is 0 Å². The maximum Gasteiger partial charge on any atom is 0.0255 e. The van der Waals surface area contributed by atoms with Crippen molar-refractivity contribution < 1.29 is 0 Å². The largest absolute Gasteiger partial charge is 0.0622 e. The molecule has 0 heterocycles. The van der Waals surface area contributed by atoms with Crippen molar-refractivity contribution in [1.29, 1.82) is 0 Å². The van der Waals surface area contributed by atoms with Gasteiger partial charge in [-0.05, 0) is 83.5 Å². The van der Waals surface area contributed by atoms with Crippen molar-refractivity contribution >= 4 is 0 Å². The van der Waals surface area contributed by atoms with Crippen LogP contribution in [0, 0.1) is 71.0 Å². The Kier molecular flexibility index (Phi) is 7.09. The van der Waals surface area contributed by atoms with E-state index in [0.29, 0.717) is 0 Å². The highest BCUT2D eigenvalue weighted by Crippen LogP contribution is 1.94.